The smallest absolute Gasteiger partial charge is 0.339 e. The Morgan fingerprint density at radius 3 is 2.74 bits per heavy atom. The van der Waals surface area contributed by atoms with Gasteiger partial charge < -0.3 is 10.1 Å². The summed E-state index contributed by atoms with van der Waals surface area (Å²) in [5, 5.41) is 3.13. The lowest BCUT2D eigenvalue weighted by Gasteiger charge is -2.15. The number of esters is 1. The molecule has 0 spiro atoms. The second kappa shape index (κ2) is 5.21. The maximum Gasteiger partial charge on any atom is 0.339 e. The maximum absolute atomic E-state index is 11.7. The van der Waals surface area contributed by atoms with Gasteiger partial charge in [-0.2, -0.15) is 0 Å². The van der Waals surface area contributed by atoms with Crippen LogP contribution in [0.2, 0.25) is 0 Å². The van der Waals surface area contributed by atoms with Crippen molar-refractivity contribution in [3.8, 4) is 0 Å². The molecule has 1 N–H and O–H groups in total. The summed E-state index contributed by atoms with van der Waals surface area (Å²) < 4.78 is 27.6. The minimum absolute atomic E-state index is 0.113. The third-order valence-electron chi connectivity index (χ3n) is 3.17. The summed E-state index contributed by atoms with van der Waals surface area (Å²) in [5.74, 6) is -0.113. The summed E-state index contributed by atoms with van der Waals surface area (Å²) in [6.45, 7) is 1.89. The molecule has 0 amide bonds. The van der Waals surface area contributed by atoms with Gasteiger partial charge in [0, 0.05) is 11.7 Å². The minimum Gasteiger partial charge on any atom is -0.465 e. The van der Waals surface area contributed by atoms with Crippen LogP contribution in [0.1, 0.15) is 22.3 Å². The third kappa shape index (κ3) is 3.26. The number of methoxy groups -OCH3 is 1. The molecule has 1 atom stereocenters. The molecule has 19 heavy (non-hydrogen) atoms. The predicted octanol–water partition coefficient (Wildman–Crippen LogP) is 1.38. The van der Waals surface area contributed by atoms with Crippen molar-refractivity contribution in [3.05, 3.63) is 29.3 Å². The Labute approximate surface area is 112 Å². The van der Waals surface area contributed by atoms with E-state index in [0.717, 1.165) is 5.56 Å². The topological polar surface area (TPSA) is 72.5 Å². The number of carbonyl (C=O) groups is 1. The van der Waals surface area contributed by atoms with Gasteiger partial charge in [-0.25, -0.2) is 13.2 Å². The number of aryl methyl sites for hydroxylation is 1. The van der Waals surface area contributed by atoms with E-state index in [1.807, 2.05) is 13.0 Å². The van der Waals surface area contributed by atoms with Crippen LogP contribution >= 0.6 is 0 Å². The fourth-order valence-corrected chi connectivity index (χ4v) is 3.86. The van der Waals surface area contributed by atoms with Gasteiger partial charge in [0.15, 0.2) is 9.84 Å². The summed E-state index contributed by atoms with van der Waals surface area (Å²) in [4.78, 5) is 11.7. The number of hydrogen-bond donors (Lipinski definition) is 1. The van der Waals surface area contributed by atoms with Gasteiger partial charge in [0.2, 0.25) is 0 Å². The number of nitrogens with one attached hydrogen (secondary N) is 1. The molecular weight excluding hydrogens is 266 g/mol. The highest BCUT2D eigenvalue weighted by Gasteiger charge is 2.28. The SMILES string of the molecule is COC(=O)c1cc(C)ccc1NC1CCS(=O)(=O)C1. The fourth-order valence-electron chi connectivity index (χ4n) is 2.19. The van der Waals surface area contributed by atoms with Crippen molar-refractivity contribution >= 4 is 21.5 Å². The molecular formula is C13H17NO4S. The van der Waals surface area contributed by atoms with Crippen LogP contribution in [0.4, 0.5) is 5.69 Å². The Morgan fingerprint density at radius 2 is 2.16 bits per heavy atom. The Balaban J connectivity index is 2.23. The second-order valence-corrected chi connectivity index (χ2v) is 7.01. The number of sulfone groups is 1. The van der Waals surface area contributed by atoms with Gasteiger partial charge in [-0.3, -0.25) is 0 Å². The van der Waals surface area contributed by atoms with E-state index >= 15 is 0 Å². The zero-order valence-electron chi connectivity index (χ0n) is 11.0. The lowest BCUT2D eigenvalue weighted by Crippen LogP contribution is -2.22. The number of hydrogen-bond acceptors (Lipinski definition) is 5. The monoisotopic (exact) mass is 283 g/mol. The summed E-state index contributed by atoms with van der Waals surface area (Å²) >= 11 is 0. The fraction of sp³-hybridized carbons (Fsp3) is 0.462. The van der Waals surface area contributed by atoms with Crippen molar-refractivity contribution in [2.75, 3.05) is 23.9 Å². The molecule has 0 radical (unpaired) electrons. The van der Waals surface area contributed by atoms with Crippen molar-refractivity contribution in [2.24, 2.45) is 0 Å². The standard InChI is InChI=1S/C13H17NO4S/c1-9-3-4-12(11(7-9)13(15)18-2)14-10-5-6-19(16,17)8-10/h3-4,7,10,14H,5-6,8H2,1-2H3. The quantitative estimate of drug-likeness (QED) is 0.848. The molecule has 1 fully saturated rings. The summed E-state index contributed by atoms with van der Waals surface area (Å²) in [7, 11) is -1.61. The number of carbonyl (C=O) groups excluding carboxylic acids is 1. The molecule has 104 valence electrons. The molecule has 1 unspecified atom stereocenters. The molecule has 1 aromatic carbocycles. The maximum atomic E-state index is 11.7. The van der Waals surface area contributed by atoms with E-state index < -0.39 is 15.8 Å². The molecule has 0 aromatic heterocycles. The summed E-state index contributed by atoms with van der Waals surface area (Å²) in [5.41, 5.74) is 2.01. The van der Waals surface area contributed by atoms with Gasteiger partial charge in [0.1, 0.15) is 0 Å². The molecule has 1 heterocycles. The highest BCUT2D eigenvalue weighted by atomic mass is 32.2. The Bertz CT molecular complexity index is 595. The molecule has 0 bridgehead atoms. The highest BCUT2D eigenvalue weighted by molar-refractivity contribution is 7.91. The summed E-state index contributed by atoms with van der Waals surface area (Å²) in [6.07, 6.45) is 0.566. The summed E-state index contributed by atoms with van der Waals surface area (Å²) in [6, 6.07) is 5.25. The second-order valence-electron chi connectivity index (χ2n) is 4.78. The normalized spacial score (nSPS) is 21.1. The molecule has 5 nitrogen and oxygen atoms in total. The van der Waals surface area contributed by atoms with Gasteiger partial charge in [0.05, 0.1) is 24.2 Å². The zero-order chi connectivity index (χ0) is 14.0. The van der Waals surface area contributed by atoms with Crippen LogP contribution in [0.15, 0.2) is 18.2 Å². The average molecular weight is 283 g/mol. The molecule has 1 aromatic rings. The first-order chi connectivity index (χ1) is 8.91. The van der Waals surface area contributed by atoms with E-state index in [1.165, 1.54) is 7.11 Å². The van der Waals surface area contributed by atoms with Gasteiger partial charge in [-0.15, -0.1) is 0 Å². The molecule has 6 heteroatoms. The highest BCUT2D eigenvalue weighted by Crippen LogP contribution is 2.22. The first-order valence-corrected chi connectivity index (χ1v) is 7.89. The largest absolute Gasteiger partial charge is 0.465 e. The van der Waals surface area contributed by atoms with Crippen LogP contribution in [0, 0.1) is 6.92 Å². The first-order valence-electron chi connectivity index (χ1n) is 6.07. The van der Waals surface area contributed by atoms with Crippen LogP contribution < -0.4 is 5.32 Å². The molecule has 1 aliphatic heterocycles. The zero-order valence-corrected chi connectivity index (χ0v) is 11.8. The number of benzene rings is 1. The van der Waals surface area contributed by atoms with Crippen LogP contribution in [0.5, 0.6) is 0 Å². The van der Waals surface area contributed by atoms with Crippen molar-refractivity contribution in [1.29, 1.82) is 0 Å². The van der Waals surface area contributed by atoms with Crippen molar-refractivity contribution in [3.63, 3.8) is 0 Å². The van der Waals surface area contributed by atoms with E-state index in [-0.39, 0.29) is 17.5 Å². The molecule has 1 aliphatic rings. The number of rotatable bonds is 3. The van der Waals surface area contributed by atoms with Crippen LogP contribution in [0.25, 0.3) is 0 Å². The third-order valence-corrected chi connectivity index (χ3v) is 4.94. The van der Waals surface area contributed by atoms with E-state index in [4.69, 9.17) is 4.74 Å². The van der Waals surface area contributed by atoms with Gasteiger partial charge in [0.25, 0.3) is 0 Å². The predicted molar refractivity (Wildman–Crippen MR) is 73.2 cm³/mol. The van der Waals surface area contributed by atoms with Crippen molar-refractivity contribution in [1.82, 2.24) is 0 Å². The molecule has 2 rings (SSSR count). The lowest BCUT2D eigenvalue weighted by molar-refractivity contribution is 0.0601. The molecule has 0 saturated carbocycles. The van der Waals surface area contributed by atoms with E-state index in [1.54, 1.807) is 12.1 Å². The molecule has 1 saturated heterocycles. The average Bonchev–Trinajstić information content (AvgIpc) is 2.70. The van der Waals surface area contributed by atoms with Crippen LogP contribution in [-0.4, -0.2) is 39.0 Å². The van der Waals surface area contributed by atoms with Crippen molar-refractivity contribution in [2.45, 2.75) is 19.4 Å². The van der Waals surface area contributed by atoms with E-state index in [2.05, 4.69) is 5.32 Å². The van der Waals surface area contributed by atoms with Gasteiger partial charge >= 0.3 is 5.97 Å². The number of ether oxygens (including phenoxy) is 1. The van der Waals surface area contributed by atoms with E-state index in [9.17, 15) is 13.2 Å². The van der Waals surface area contributed by atoms with Crippen LogP contribution in [-0.2, 0) is 14.6 Å². The van der Waals surface area contributed by atoms with Gasteiger partial charge in [-0.1, -0.05) is 11.6 Å². The van der Waals surface area contributed by atoms with Gasteiger partial charge in [-0.05, 0) is 25.5 Å². The Kier molecular flexibility index (Phi) is 3.80. The molecule has 0 aliphatic carbocycles. The Morgan fingerprint density at radius 1 is 1.42 bits per heavy atom. The first kappa shape index (κ1) is 13.9. The van der Waals surface area contributed by atoms with Crippen LogP contribution in [0.3, 0.4) is 0 Å². The van der Waals surface area contributed by atoms with E-state index in [0.29, 0.717) is 17.7 Å². The number of anilines is 1. The minimum atomic E-state index is -2.94. The van der Waals surface area contributed by atoms with Crippen molar-refractivity contribution < 1.29 is 17.9 Å². The lowest BCUT2D eigenvalue weighted by atomic mass is 10.1. The Hall–Kier alpha value is -1.56.